The summed E-state index contributed by atoms with van der Waals surface area (Å²) in [4.78, 5) is 0. The first kappa shape index (κ1) is 11.1. The monoisotopic (exact) mass is 196 g/mol. The molecule has 14 heavy (non-hydrogen) atoms. The van der Waals surface area contributed by atoms with Gasteiger partial charge in [0.1, 0.15) is 5.69 Å². The Morgan fingerprint density at radius 1 is 1.36 bits per heavy atom. The maximum Gasteiger partial charge on any atom is 0.160 e. The predicted molar refractivity (Wildman–Crippen MR) is 57.5 cm³/mol. The highest BCUT2D eigenvalue weighted by Gasteiger charge is 2.16. The van der Waals surface area contributed by atoms with Crippen LogP contribution in [0.25, 0.3) is 0 Å². The largest absolute Gasteiger partial charge is 0.504 e. The van der Waals surface area contributed by atoms with E-state index in [1.165, 1.54) is 0 Å². The molecule has 0 saturated heterocycles. The van der Waals surface area contributed by atoms with Gasteiger partial charge in [0.05, 0.1) is 5.69 Å². The highest BCUT2D eigenvalue weighted by atomic mass is 16.3. The lowest BCUT2D eigenvalue weighted by molar-refractivity contribution is 0.450. The first-order valence-electron chi connectivity index (χ1n) is 5.32. The smallest absolute Gasteiger partial charge is 0.160 e. The second-order valence-electron chi connectivity index (χ2n) is 4.34. The molecule has 0 fully saturated rings. The molecule has 1 aromatic heterocycles. The Bertz CT molecular complexity index is 291. The number of nitrogens with one attached hydrogen (secondary N) is 1. The molecule has 1 unspecified atom stereocenters. The lowest BCUT2D eigenvalue weighted by Crippen LogP contribution is -1.94. The fourth-order valence-electron chi connectivity index (χ4n) is 1.47. The quantitative estimate of drug-likeness (QED) is 0.778. The second-order valence-corrected chi connectivity index (χ2v) is 4.34. The SMILES string of the molecule is CCC(C)c1[nH]nc(CC(C)C)c1O. The lowest BCUT2D eigenvalue weighted by atomic mass is 10.0. The van der Waals surface area contributed by atoms with Crippen LogP contribution in [0.1, 0.15) is 51.4 Å². The molecule has 1 aromatic rings. The van der Waals surface area contributed by atoms with Crippen LogP contribution in [0.5, 0.6) is 5.75 Å². The maximum atomic E-state index is 9.89. The summed E-state index contributed by atoms with van der Waals surface area (Å²) >= 11 is 0. The molecule has 0 aliphatic rings. The molecule has 0 radical (unpaired) electrons. The average molecular weight is 196 g/mol. The lowest BCUT2D eigenvalue weighted by Gasteiger charge is -2.06. The zero-order valence-electron chi connectivity index (χ0n) is 9.46. The maximum absolute atomic E-state index is 9.89. The van der Waals surface area contributed by atoms with E-state index in [1.54, 1.807) is 0 Å². The van der Waals surface area contributed by atoms with Crippen LogP contribution in [-0.2, 0) is 6.42 Å². The standard InChI is InChI=1S/C11H20N2O/c1-5-8(4)10-11(14)9(12-13-10)6-7(2)3/h7-8,14H,5-6H2,1-4H3,(H,12,13). The third-order valence-corrected chi connectivity index (χ3v) is 2.55. The first-order valence-corrected chi connectivity index (χ1v) is 5.32. The fraction of sp³-hybridized carbons (Fsp3) is 0.727. The molecule has 1 atom stereocenters. The minimum Gasteiger partial charge on any atom is -0.504 e. The van der Waals surface area contributed by atoms with Gasteiger partial charge in [-0.15, -0.1) is 0 Å². The van der Waals surface area contributed by atoms with Gasteiger partial charge in [-0.25, -0.2) is 0 Å². The van der Waals surface area contributed by atoms with Crippen LogP contribution in [0.15, 0.2) is 0 Å². The highest BCUT2D eigenvalue weighted by Crippen LogP contribution is 2.29. The van der Waals surface area contributed by atoms with Gasteiger partial charge in [0.2, 0.25) is 0 Å². The summed E-state index contributed by atoms with van der Waals surface area (Å²) in [7, 11) is 0. The van der Waals surface area contributed by atoms with Gasteiger partial charge in [-0.1, -0.05) is 27.7 Å². The number of H-pyrrole nitrogens is 1. The zero-order valence-corrected chi connectivity index (χ0v) is 9.46. The van der Waals surface area contributed by atoms with Gasteiger partial charge in [-0.2, -0.15) is 5.10 Å². The molecule has 0 aliphatic heterocycles. The van der Waals surface area contributed by atoms with Crippen molar-refractivity contribution in [1.82, 2.24) is 10.2 Å². The molecule has 80 valence electrons. The van der Waals surface area contributed by atoms with Gasteiger partial charge in [-0.05, 0) is 18.8 Å². The number of nitrogens with zero attached hydrogens (tertiary/aromatic N) is 1. The molecule has 2 N–H and O–H groups in total. The van der Waals surface area contributed by atoms with Gasteiger partial charge < -0.3 is 5.11 Å². The van der Waals surface area contributed by atoms with Crippen LogP contribution in [0.3, 0.4) is 0 Å². The normalized spacial score (nSPS) is 13.5. The minimum absolute atomic E-state index is 0.350. The molecule has 0 spiro atoms. The Labute approximate surface area is 85.5 Å². The fourth-order valence-corrected chi connectivity index (χ4v) is 1.47. The number of hydrogen-bond acceptors (Lipinski definition) is 2. The van der Waals surface area contributed by atoms with E-state index in [2.05, 4.69) is 37.9 Å². The van der Waals surface area contributed by atoms with E-state index in [4.69, 9.17) is 0 Å². The van der Waals surface area contributed by atoms with Crippen molar-refractivity contribution in [2.24, 2.45) is 5.92 Å². The molecule has 0 saturated carbocycles. The van der Waals surface area contributed by atoms with Gasteiger partial charge in [0, 0.05) is 5.92 Å². The Morgan fingerprint density at radius 2 is 2.00 bits per heavy atom. The number of rotatable bonds is 4. The van der Waals surface area contributed by atoms with Gasteiger partial charge in [0.25, 0.3) is 0 Å². The first-order chi connectivity index (χ1) is 6.56. The summed E-state index contributed by atoms with van der Waals surface area (Å²) in [5.74, 6) is 1.24. The molecule has 0 amide bonds. The van der Waals surface area contributed by atoms with Crippen molar-refractivity contribution < 1.29 is 5.11 Å². The van der Waals surface area contributed by atoms with E-state index in [-0.39, 0.29) is 0 Å². The predicted octanol–water partition coefficient (Wildman–Crippen LogP) is 2.83. The van der Waals surface area contributed by atoms with Crippen molar-refractivity contribution in [3.8, 4) is 5.75 Å². The van der Waals surface area contributed by atoms with E-state index in [0.717, 1.165) is 24.2 Å². The third-order valence-electron chi connectivity index (χ3n) is 2.55. The zero-order chi connectivity index (χ0) is 10.7. The van der Waals surface area contributed by atoms with Crippen LogP contribution in [0.2, 0.25) is 0 Å². The Morgan fingerprint density at radius 3 is 2.50 bits per heavy atom. The van der Waals surface area contributed by atoms with Crippen LogP contribution >= 0.6 is 0 Å². The van der Waals surface area contributed by atoms with E-state index >= 15 is 0 Å². The topological polar surface area (TPSA) is 48.9 Å². The van der Waals surface area contributed by atoms with E-state index in [1.807, 2.05) is 0 Å². The minimum atomic E-state index is 0.350. The van der Waals surface area contributed by atoms with Crippen molar-refractivity contribution in [3.63, 3.8) is 0 Å². The highest BCUT2D eigenvalue weighted by molar-refractivity contribution is 5.33. The van der Waals surface area contributed by atoms with Crippen molar-refractivity contribution >= 4 is 0 Å². The van der Waals surface area contributed by atoms with E-state index in [9.17, 15) is 5.11 Å². The summed E-state index contributed by atoms with van der Waals surface area (Å²) in [5, 5.41) is 17.0. The third kappa shape index (κ3) is 2.28. The van der Waals surface area contributed by atoms with Crippen LogP contribution in [0, 0.1) is 5.92 Å². The van der Waals surface area contributed by atoms with Crippen LogP contribution in [-0.4, -0.2) is 15.3 Å². The summed E-state index contributed by atoms with van der Waals surface area (Å²) in [5.41, 5.74) is 1.68. The van der Waals surface area contributed by atoms with Crippen molar-refractivity contribution in [2.45, 2.75) is 46.5 Å². The number of aromatic amines is 1. The summed E-state index contributed by atoms with van der Waals surface area (Å²) < 4.78 is 0. The van der Waals surface area contributed by atoms with E-state index in [0.29, 0.717) is 17.6 Å². The molecule has 3 nitrogen and oxygen atoms in total. The van der Waals surface area contributed by atoms with Crippen molar-refractivity contribution in [1.29, 1.82) is 0 Å². The summed E-state index contributed by atoms with van der Waals surface area (Å²) in [6, 6.07) is 0. The molecular weight excluding hydrogens is 176 g/mol. The summed E-state index contributed by atoms with van der Waals surface area (Å²) in [6.45, 7) is 8.44. The molecule has 0 aromatic carbocycles. The van der Waals surface area contributed by atoms with Crippen LogP contribution < -0.4 is 0 Å². The van der Waals surface area contributed by atoms with Gasteiger partial charge in [-0.3, -0.25) is 5.10 Å². The van der Waals surface area contributed by atoms with Crippen molar-refractivity contribution in [2.75, 3.05) is 0 Å². The van der Waals surface area contributed by atoms with Crippen LogP contribution in [0.4, 0.5) is 0 Å². The number of hydrogen-bond donors (Lipinski definition) is 2. The molecule has 1 rings (SSSR count). The number of aromatic nitrogens is 2. The summed E-state index contributed by atoms with van der Waals surface area (Å²) in [6.07, 6.45) is 1.84. The second kappa shape index (κ2) is 4.49. The average Bonchev–Trinajstić information content (AvgIpc) is 2.46. The van der Waals surface area contributed by atoms with Gasteiger partial charge >= 0.3 is 0 Å². The number of aromatic hydroxyl groups is 1. The molecule has 3 heteroatoms. The molecule has 0 bridgehead atoms. The molecular formula is C11H20N2O. The van der Waals surface area contributed by atoms with Gasteiger partial charge in [0.15, 0.2) is 5.75 Å². The Kier molecular flexibility index (Phi) is 3.55. The Hall–Kier alpha value is -0.990. The molecule has 1 heterocycles. The molecule has 0 aliphatic carbocycles. The van der Waals surface area contributed by atoms with E-state index < -0.39 is 0 Å². The van der Waals surface area contributed by atoms with Crippen molar-refractivity contribution in [3.05, 3.63) is 11.4 Å². The Balaban J connectivity index is 2.85.